The van der Waals surface area contributed by atoms with E-state index in [1.54, 1.807) is 7.11 Å². The number of aromatic nitrogens is 1. The SMILES string of the molecule is COc1ccccc1-c1ccc(C)nc1. The highest BCUT2D eigenvalue weighted by Crippen LogP contribution is 2.28. The zero-order valence-corrected chi connectivity index (χ0v) is 8.90. The van der Waals surface area contributed by atoms with Crippen molar-refractivity contribution in [2.24, 2.45) is 0 Å². The van der Waals surface area contributed by atoms with Gasteiger partial charge >= 0.3 is 0 Å². The first-order valence-electron chi connectivity index (χ1n) is 4.87. The van der Waals surface area contributed by atoms with Crippen LogP contribution < -0.4 is 4.74 Å². The number of benzene rings is 1. The summed E-state index contributed by atoms with van der Waals surface area (Å²) >= 11 is 0. The third-order valence-corrected chi connectivity index (χ3v) is 2.33. The Kier molecular flexibility index (Phi) is 2.68. The van der Waals surface area contributed by atoms with Crippen LogP contribution in [0.3, 0.4) is 0 Å². The van der Waals surface area contributed by atoms with Gasteiger partial charge in [0.05, 0.1) is 7.11 Å². The first-order valence-corrected chi connectivity index (χ1v) is 4.87. The topological polar surface area (TPSA) is 22.1 Å². The van der Waals surface area contributed by atoms with Crippen molar-refractivity contribution in [1.82, 2.24) is 4.98 Å². The van der Waals surface area contributed by atoms with Crippen LogP contribution in [0.2, 0.25) is 0 Å². The summed E-state index contributed by atoms with van der Waals surface area (Å²) in [6.07, 6.45) is 1.87. The largest absolute Gasteiger partial charge is 0.496 e. The van der Waals surface area contributed by atoms with Crippen molar-refractivity contribution in [2.45, 2.75) is 6.92 Å². The lowest BCUT2D eigenvalue weighted by Gasteiger charge is -2.07. The Labute approximate surface area is 89.6 Å². The smallest absolute Gasteiger partial charge is 0.126 e. The van der Waals surface area contributed by atoms with E-state index in [1.165, 1.54) is 0 Å². The number of pyridine rings is 1. The van der Waals surface area contributed by atoms with Gasteiger partial charge in [0.1, 0.15) is 5.75 Å². The molecule has 1 heterocycles. The molecule has 0 atom stereocenters. The van der Waals surface area contributed by atoms with E-state index in [9.17, 15) is 0 Å². The molecular formula is C13H13NO. The second-order valence-corrected chi connectivity index (χ2v) is 3.39. The molecule has 2 heteroatoms. The van der Waals surface area contributed by atoms with E-state index in [0.29, 0.717) is 0 Å². The van der Waals surface area contributed by atoms with Crippen LogP contribution in [0.15, 0.2) is 42.6 Å². The molecule has 0 aliphatic heterocycles. The van der Waals surface area contributed by atoms with Crippen molar-refractivity contribution in [3.05, 3.63) is 48.3 Å². The van der Waals surface area contributed by atoms with Gasteiger partial charge in [-0.3, -0.25) is 4.98 Å². The second kappa shape index (κ2) is 4.13. The molecule has 0 aliphatic carbocycles. The molecular weight excluding hydrogens is 186 g/mol. The molecule has 0 saturated heterocycles. The molecule has 0 radical (unpaired) electrons. The van der Waals surface area contributed by atoms with E-state index >= 15 is 0 Å². The van der Waals surface area contributed by atoms with E-state index < -0.39 is 0 Å². The Morgan fingerprint density at radius 3 is 2.53 bits per heavy atom. The summed E-state index contributed by atoms with van der Waals surface area (Å²) in [4.78, 5) is 4.28. The summed E-state index contributed by atoms with van der Waals surface area (Å²) in [6, 6.07) is 12.0. The lowest BCUT2D eigenvalue weighted by atomic mass is 10.1. The van der Waals surface area contributed by atoms with Crippen LogP contribution in [0, 0.1) is 6.92 Å². The summed E-state index contributed by atoms with van der Waals surface area (Å²) in [5.74, 6) is 0.878. The Morgan fingerprint density at radius 2 is 1.87 bits per heavy atom. The van der Waals surface area contributed by atoms with E-state index in [0.717, 1.165) is 22.6 Å². The third-order valence-electron chi connectivity index (χ3n) is 2.33. The van der Waals surface area contributed by atoms with Crippen molar-refractivity contribution in [3.8, 4) is 16.9 Å². The molecule has 2 aromatic rings. The summed E-state index contributed by atoms with van der Waals surface area (Å²) in [7, 11) is 1.68. The van der Waals surface area contributed by atoms with Gasteiger partial charge in [0.2, 0.25) is 0 Å². The van der Waals surface area contributed by atoms with Crippen molar-refractivity contribution in [2.75, 3.05) is 7.11 Å². The molecule has 0 fully saturated rings. The van der Waals surface area contributed by atoms with Gasteiger partial charge in [0.15, 0.2) is 0 Å². The maximum Gasteiger partial charge on any atom is 0.126 e. The summed E-state index contributed by atoms with van der Waals surface area (Å²) in [6.45, 7) is 1.98. The quantitative estimate of drug-likeness (QED) is 0.741. The predicted octanol–water partition coefficient (Wildman–Crippen LogP) is 3.07. The van der Waals surface area contributed by atoms with Crippen LogP contribution in [0.4, 0.5) is 0 Å². The van der Waals surface area contributed by atoms with Crippen molar-refractivity contribution in [3.63, 3.8) is 0 Å². The van der Waals surface area contributed by atoms with Crippen LogP contribution >= 0.6 is 0 Å². The standard InChI is InChI=1S/C13H13NO/c1-10-7-8-11(9-14-10)12-5-3-4-6-13(12)15-2/h3-9H,1-2H3. The highest BCUT2D eigenvalue weighted by molar-refractivity contribution is 5.69. The molecule has 1 aromatic carbocycles. The summed E-state index contributed by atoms with van der Waals surface area (Å²) in [5.41, 5.74) is 3.18. The number of ether oxygens (including phenoxy) is 1. The fraction of sp³-hybridized carbons (Fsp3) is 0.154. The number of hydrogen-bond donors (Lipinski definition) is 0. The van der Waals surface area contributed by atoms with Crippen LogP contribution in [-0.2, 0) is 0 Å². The maximum atomic E-state index is 5.30. The highest BCUT2D eigenvalue weighted by atomic mass is 16.5. The highest BCUT2D eigenvalue weighted by Gasteiger charge is 2.03. The van der Waals surface area contributed by atoms with Gasteiger partial charge in [-0.2, -0.15) is 0 Å². The molecule has 0 N–H and O–H groups in total. The number of aryl methyl sites for hydroxylation is 1. The number of rotatable bonds is 2. The van der Waals surface area contributed by atoms with E-state index in [4.69, 9.17) is 4.74 Å². The molecule has 0 spiro atoms. The van der Waals surface area contributed by atoms with Crippen LogP contribution in [0.25, 0.3) is 11.1 Å². The zero-order chi connectivity index (χ0) is 10.7. The van der Waals surface area contributed by atoms with Gasteiger partial charge < -0.3 is 4.74 Å². The molecule has 0 aliphatic rings. The first-order chi connectivity index (χ1) is 7.31. The monoisotopic (exact) mass is 199 g/mol. The Morgan fingerprint density at radius 1 is 1.07 bits per heavy atom. The number of para-hydroxylation sites is 1. The van der Waals surface area contributed by atoms with Crippen LogP contribution in [0.5, 0.6) is 5.75 Å². The minimum absolute atomic E-state index is 0.878. The number of nitrogens with zero attached hydrogens (tertiary/aromatic N) is 1. The average Bonchev–Trinajstić information content (AvgIpc) is 2.30. The Hall–Kier alpha value is -1.83. The molecule has 0 bridgehead atoms. The van der Waals surface area contributed by atoms with E-state index in [2.05, 4.69) is 11.1 Å². The van der Waals surface area contributed by atoms with E-state index in [1.807, 2.05) is 43.5 Å². The van der Waals surface area contributed by atoms with Crippen LogP contribution in [0.1, 0.15) is 5.69 Å². The molecule has 2 nitrogen and oxygen atoms in total. The molecule has 76 valence electrons. The zero-order valence-electron chi connectivity index (χ0n) is 8.90. The Bertz CT molecular complexity index is 448. The molecule has 0 amide bonds. The fourth-order valence-electron chi connectivity index (χ4n) is 1.51. The van der Waals surface area contributed by atoms with Gasteiger partial charge in [0, 0.05) is 23.0 Å². The van der Waals surface area contributed by atoms with Crippen LogP contribution in [-0.4, -0.2) is 12.1 Å². The van der Waals surface area contributed by atoms with Gasteiger partial charge in [-0.15, -0.1) is 0 Å². The minimum atomic E-state index is 0.878. The first kappa shape index (κ1) is 9.71. The fourth-order valence-corrected chi connectivity index (χ4v) is 1.51. The molecule has 0 saturated carbocycles. The Balaban J connectivity index is 2.49. The molecule has 2 rings (SSSR count). The summed E-state index contributed by atoms with van der Waals surface area (Å²) < 4.78 is 5.30. The van der Waals surface area contributed by atoms with E-state index in [-0.39, 0.29) is 0 Å². The molecule has 15 heavy (non-hydrogen) atoms. The van der Waals surface area contributed by atoms with Gasteiger partial charge in [-0.25, -0.2) is 0 Å². The lowest BCUT2D eigenvalue weighted by Crippen LogP contribution is -1.88. The maximum absolute atomic E-state index is 5.30. The minimum Gasteiger partial charge on any atom is -0.496 e. The number of methoxy groups -OCH3 is 1. The van der Waals surface area contributed by atoms with Gasteiger partial charge in [0.25, 0.3) is 0 Å². The predicted molar refractivity (Wildman–Crippen MR) is 61.0 cm³/mol. The van der Waals surface area contributed by atoms with Crippen molar-refractivity contribution in [1.29, 1.82) is 0 Å². The van der Waals surface area contributed by atoms with Crippen molar-refractivity contribution >= 4 is 0 Å². The van der Waals surface area contributed by atoms with Gasteiger partial charge in [-0.1, -0.05) is 24.3 Å². The normalized spacial score (nSPS) is 10.0. The number of hydrogen-bond acceptors (Lipinski definition) is 2. The summed E-state index contributed by atoms with van der Waals surface area (Å²) in [5, 5.41) is 0. The van der Waals surface area contributed by atoms with Gasteiger partial charge in [-0.05, 0) is 19.1 Å². The molecule has 0 unspecified atom stereocenters. The molecule has 1 aromatic heterocycles. The second-order valence-electron chi connectivity index (χ2n) is 3.39. The van der Waals surface area contributed by atoms with Crippen molar-refractivity contribution < 1.29 is 4.74 Å². The average molecular weight is 199 g/mol. The lowest BCUT2D eigenvalue weighted by molar-refractivity contribution is 0.416. The third kappa shape index (κ3) is 1.99.